The molecule has 0 spiro atoms. The number of fused-ring (bicyclic) bond motifs is 1. The molecule has 0 unspecified atom stereocenters. The van der Waals surface area contributed by atoms with Gasteiger partial charge in [-0.25, -0.2) is 18.2 Å². The largest absolute Gasteiger partial charge is 0.348 e. The van der Waals surface area contributed by atoms with E-state index < -0.39 is 12.2 Å². The van der Waals surface area contributed by atoms with Crippen LogP contribution < -0.4 is 5.32 Å². The van der Waals surface area contributed by atoms with E-state index >= 15 is 0 Å². The molecule has 4 rings (SSSR count). The summed E-state index contributed by atoms with van der Waals surface area (Å²) in [4.78, 5) is 15.8. The fourth-order valence-corrected chi connectivity index (χ4v) is 3.82. The molecule has 0 radical (unpaired) electrons. The predicted octanol–water partition coefficient (Wildman–Crippen LogP) is 3.84. The lowest BCUT2D eigenvalue weighted by Crippen LogP contribution is -2.29. The van der Waals surface area contributed by atoms with Gasteiger partial charge in [-0.05, 0) is 67.1 Å². The number of halogens is 3. The Balaban J connectivity index is 1.62. The van der Waals surface area contributed by atoms with Gasteiger partial charge in [0.05, 0.1) is 11.7 Å². The van der Waals surface area contributed by atoms with Crippen molar-refractivity contribution in [2.45, 2.75) is 45.1 Å². The number of pyridine rings is 1. The molecule has 1 N–H and O–H groups in total. The van der Waals surface area contributed by atoms with Gasteiger partial charge in [-0.15, -0.1) is 5.10 Å². The Hall–Kier alpha value is -3.23. The zero-order valence-corrected chi connectivity index (χ0v) is 16.3. The SMILES string of the molecule is CC(=O)N[C@@H]1CCCc2c1nnn2-c1cc(Cc2cc(F)cc(C(F)F)c2)ccn1. The van der Waals surface area contributed by atoms with E-state index in [0.717, 1.165) is 42.3 Å². The first-order chi connectivity index (χ1) is 14.4. The smallest absolute Gasteiger partial charge is 0.263 e. The van der Waals surface area contributed by atoms with Gasteiger partial charge in [0.15, 0.2) is 5.82 Å². The van der Waals surface area contributed by atoms with Crippen molar-refractivity contribution in [1.29, 1.82) is 0 Å². The monoisotopic (exact) mass is 415 g/mol. The maximum Gasteiger partial charge on any atom is 0.263 e. The highest BCUT2D eigenvalue weighted by Crippen LogP contribution is 2.29. The van der Waals surface area contributed by atoms with E-state index in [1.807, 2.05) is 0 Å². The van der Waals surface area contributed by atoms with Crippen molar-refractivity contribution in [3.05, 3.63) is 70.4 Å². The van der Waals surface area contributed by atoms with Crippen LogP contribution in [0.25, 0.3) is 5.82 Å². The van der Waals surface area contributed by atoms with Gasteiger partial charge in [0.2, 0.25) is 5.91 Å². The molecule has 0 aliphatic heterocycles. The lowest BCUT2D eigenvalue weighted by Gasteiger charge is -2.21. The molecule has 9 heteroatoms. The van der Waals surface area contributed by atoms with E-state index in [-0.39, 0.29) is 23.9 Å². The fourth-order valence-electron chi connectivity index (χ4n) is 3.82. The Morgan fingerprint density at radius 2 is 2.10 bits per heavy atom. The van der Waals surface area contributed by atoms with Crippen LogP contribution >= 0.6 is 0 Å². The summed E-state index contributed by atoms with van der Waals surface area (Å²) in [6, 6.07) is 6.76. The predicted molar refractivity (Wildman–Crippen MR) is 103 cm³/mol. The second kappa shape index (κ2) is 8.25. The molecule has 1 aliphatic carbocycles. The zero-order chi connectivity index (χ0) is 21.3. The highest BCUT2D eigenvalue weighted by molar-refractivity contribution is 5.73. The van der Waals surface area contributed by atoms with Crippen molar-refractivity contribution >= 4 is 5.91 Å². The molecule has 1 aromatic carbocycles. The summed E-state index contributed by atoms with van der Waals surface area (Å²) >= 11 is 0. The minimum Gasteiger partial charge on any atom is -0.348 e. The average molecular weight is 415 g/mol. The molecular weight excluding hydrogens is 395 g/mol. The third kappa shape index (κ3) is 4.19. The van der Waals surface area contributed by atoms with Gasteiger partial charge in [0.1, 0.15) is 11.5 Å². The normalized spacial score (nSPS) is 15.8. The molecule has 1 amide bonds. The summed E-state index contributed by atoms with van der Waals surface area (Å²) in [5.41, 5.74) is 2.51. The van der Waals surface area contributed by atoms with Crippen molar-refractivity contribution < 1.29 is 18.0 Å². The number of carbonyl (C=O) groups is 1. The van der Waals surface area contributed by atoms with Crippen LogP contribution in [0.4, 0.5) is 13.2 Å². The average Bonchev–Trinajstić information content (AvgIpc) is 3.12. The van der Waals surface area contributed by atoms with E-state index in [1.165, 1.54) is 19.1 Å². The van der Waals surface area contributed by atoms with Gasteiger partial charge < -0.3 is 5.32 Å². The molecular formula is C21H20F3N5O. The minimum absolute atomic E-state index is 0.124. The van der Waals surface area contributed by atoms with Crippen molar-refractivity contribution in [2.24, 2.45) is 0 Å². The number of aromatic nitrogens is 4. The Morgan fingerprint density at radius 1 is 1.27 bits per heavy atom. The van der Waals surface area contributed by atoms with E-state index in [1.54, 1.807) is 23.0 Å². The molecule has 6 nitrogen and oxygen atoms in total. The third-order valence-corrected chi connectivity index (χ3v) is 5.07. The molecule has 2 heterocycles. The Morgan fingerprint density at radius 3 is 2.87 bits per heavy atom. The van der Waals surface area contributed by atoms with E-state index in [9.17, 15) is 18.0 Å². The lowest BCUT2D eigenvalue weighted by atomic mass is 9.96. The molecule has 1 aliphatic rings. The number of amides is 1. The topological polar surface area (TPSA) is 72.7 Å². The zero-order valence-electron chi connectivity index (χ0n) is 16.3. The second-order valence-corrected chi connectivity index (χ2v) is 7.37. The fraction of sp³-hybridized carbons (Fsp3) is 0.333. The van der Waals surface area contributed by atoms with Crippen molar-refractivity contribution in [1.82, 2.24) is 25.3 Å². The van der Waals surface area contributed by atoms with Crippen LogP contribution in [0.5, 0.6) is 0 Å². The molecule has 0 bridgehead atoms. The van der Waals surface area contributed by atoms with Crippen molar-refractivity contribution in [3.63, 3.8) is 0 Å². The Bertz CT molecular complexity index is 1080. The molecule has 1 atom stereocenters. The lowest BCUT2D eigenvalue weighted by molar-refractivity contribution is -0.119. The molecule has 0 saturated heterocycles. The maximum atomic E-state index is 13.7. The number of hydrogen-bond donors (Lipinski definition) is 1. The van der Waals surface area contributed by atoms with Crippen LogP contribution in [-0.4, -0.2) is 25.9 Å². The molecule has 2 aromatic heterocycles. The van der Waals surface area contributed by atoms with Crippen LogP contribution in [0.1, 0.15) is 60.3 Å². The van der Waals surface area contributed by atoms with Gasteiger partial charge in [0.25, 0.3) is 6.43 Å². The minimum atomic E-state index is -2.73. The summed E-state index contributed by atoms with van der Waals surface area (Å²) in [5, 5.41) is 11.4. The number of rotatable bonds is 5. The van der Waals surface area contributed by atoms with Crippen LogP contribution in [0.3, 0.4) is 0 Å². The number of benzene rings is 1. The summed E-state index contributed by atoms with van der Waals surface area (Å²) in [7, 11) is 0. The second-order valence-electron chi connectivity index (χ2n) is 7.37. The van der Waals surface area contributed by atoms with E-state index in [2.05, 4.69) is 20.6 Å². The van der Waals surface area contributed by atoms with Crippen LogP contribution in [0.15, 0.2) is 36.5 Å². The molecule has 3 aromatic rings. The summed E-state index contributed by atoms with van der Waals surface area (Å²) in [5.74, 6) is -0.276. The quantitative estimate of drug-likeness (QED) is 0.687. The number of hydrogen-bond acceptors (Lipinski definition) is 4. The number of alkyl halides is 2. The molecule has 30 heavy (non-hydrogen) atoms. The Labute approximate surface area is 171 Å². The van der Waals surface area contributed by atoms with Crippen LogP contribution in [0.2, 0.25) is 0 Å². The van der Waals surface area contributed by atoms with Crippen LogP contribution in [0, 0.1) is 5.82 Å². The van der Waals surface area contributed by atoms with Crippen LogP contribution in [-0.2, 0) is 17.6 Å². The van der Waals surface area contributed by atoms with Gasteiger partial charge in [0, 0.05) is 18.7 Å². The molecule has 156 valence electrons. The first kappa shape index (κ1) is 20.1. The van der Waals surface area contributed by atoms with Crippen molar-refractivity contribution in [2.75, 3.05) is 0 Å². The van der Waals surface area contributed by atoms with E-state index in [0.29, 0.717) is 11.4 Å². The van der Waals surface area contributed by atoms with Gasteiger partial charge in [-0.2, -0.15) is 4.68 Å². The van der Waals surface area contributed by atoms with Gasteiger partial charge in [-0.3, -0.25) is 4.79 Å². The van der Waals surface area contributed by atoms with Gasteiger partial charge in [-0.1, -0.05) is 5.21 Å². The highest BCUT2D eigenvalue weighted by atomic mass is 19.3. The molecule has 0 fully saturated rings. The maximum absolute atomic E-state index is 13.7. The molecule has 0 saturated carbocycles. The summed E-state index contributed by atoms with van der Waals surface area (Å²) in [6.45, 7) is 1.47. The number of nitrogens with zero attached hydrogens (tertiary/aromatic N) is 4. The third-order valence-electron chi connectivity index (χ3n) is 5.07. The van der Waals surface area contributed by atoms with Gasteiger partial charge >= 0.3 is 0 Å². The standard InChI is InChI=1S/C21H20F3N5O/c1-12(30)26-17-3-2-4-18-20(17)27-28-29(18)19-10-13(5-6-25-19)7-14-8-15(21(23)24)11-16(22)9-14/h5-6,8-11,17,21H,2-4,7H2,1H3,(H,26,30)/t17-/m1/s1. The first-order valence-corrected chi connectivity index (χ1v) is 9.65. The highest BCUT2D eigenvalue weighted by Gasteiger charge is 2.27. The number of nitrogens with one attached hydrogen (secondary N) is 1. The Kier molecular flexibility index (Phi) is 5.52. The van der Waals surface area contributed by atoms with Crippen molar-refractivity contribution in [3.8, 4) is 5.82 Å². The summed E-state index contributed by atoms with van der Waals surface area (Å²) < 4.78 is 41.3. The number of carbonyl (C=O) groups excluding carboxylic acids is 1. The van der Waals surface area contributed by atoms with E-state index in [4.69, 9.17) is 0 Å². The summed E-state index contributed by atoms with van der Waals surface area (Å²) in [6.07, 6.45) is 1.57. The first-order valence-electron chi connectivity index (χ1n) is 9.65.